The van der Waals surface area contributed by atoms with Gasteiger partial charge in [-0.25, -0.2) is 0 Å². The molecule has 0 saturated carbocycles. The van der Waals surface area contributed by atoms with Crippen molar-refractivity contribution >= 4 is 5.69 Å². The fourth-order valence-corrected chi connectivity index (χ4v) is 1.65. The summed E-state index contributed by atoms with van der Waals surface area (Å²) in [5, 5.41) is 3.43. The van der Waals surface area contributed by atoms with Crippen LogP contribution in [0, 0.1) is 0 Å². The normalized spacial score (nSPS) is 11.8. The molecule has 0 fully saturated rings. The molecule has 0 saturated heterocycles. The molecule has 0 aliphatic heterocycles. The number of rotatable bonds is 4. The lowest BCUT2D eigenvalue weighted by molar-refractivity contribution is 0.988. The summed E-state index contributed by atoms with van der Waals surface area (Å²) in [5.41, 5.74) is 2.33. The third-order valence-electron chi connectivity index (χ3n) is 2.49. The highest BCUT2D eigenvalue weighted by Gasteiger charge is 2.05. The van der Waals surface area contributed by atoms with Crippen molar-refractivity contribution in [2.75, 3.05) is 5.32 Å². The standard InChI is InChI=1S/C15H15N/c1-2-15(13-9-5-3-6-10-13)16-14-11-7-4-8-12-14/h2-12,15-16H,1H2/t15-/m0/s1. The summed E-state index contributed by atoms with van der Waals surface area (Å²) >= 11 is 0. The van der Waals surface area contributed by atoms with E-state index in [2.05, 4.69) is 36.2 Å². The van der Waals surface area contributed by atoms with Crippen molar-refractivity contribution in [1.29, 1.82) is 0 Å². The molecule has 0 unspecified atom stereocenters. The molecule has 0 radical (unpaired) electrons. The molecule has 1 N–H and O–H groups in total. The summed E-state index contributed by atoms with van der Waals surface area (Å²) in [6.45, 7) is 3.87. The van der Waals surface area contributed by atoms with Gasteiger partial charge in [0.15, 0.2) is 0 Å². The SMILES string of the molecule is C=C[C@H](Nc1ccccc1)c1ccccc1. The Morgan fingerprint density at radius 3 is 2.00 bits per heavy atom. The predicted octanol–water partition coefficient (Wildman–Crippen LogP) is 4.03. The quantitative estimate of drug-likeness (QED) is 0.750. The van der Waals surface area contributed by atoms with Crippen LogP contribution in [0.15, 0.2) is 73.3 Å². The van der Waals surface area contributed by atoms with E-state index < -0.39 is 0 Å². The van der Waals surface area contributed by atoms with E-state index in [1.54, 1.807) is 0 Å². The average molecular weight is 209 g/mol. The lowest BCUT2D eigenvalue weighted by Gasteiger charge is -2.16. The van der Waals surface area contributed by atoms with Gasteiger partial charge in [0, 0.05) is 5.69 Å². The maximum Gasteiger partial charge on any atom is 0.0695 e. The number of anilines is 1. The van der Waals surface area contributed by atoms with Crippen molar-refractivity contribution in [1.82, 2.24) is 0 Å². The molecule has 80 valence electrons. The molecule has 0 amide bonds. The monoisotopic (exact) mass is 209 g/mol. The molecule has 2 aromatic rings. The number of hydrogen-bond acceptors (Lipinski definition) is 1. The topological polar surface area (TPSA) is 12.0 Å². The molecule has 0 aliphatic carbocycles. The van der Waals surface area contributed by atoms with Crippen molar-refractivity contribution < 1.29 is 0 Å². The van der Waals surface area contributed by atoms with E-state index in [1.165, 1.54) is 5.56 Å². The second kappa shape index (κ2) is 5.17. The molecule has 0 heterocycles. The molecule has 2 aromatic carbocycles. The van der Waals surface area contributed by atoms with Crippen molar-refractivity contribution in [3.63, 3.8) is 0 Å². The van der Waals surface area contributed by atoms with E-state index in [4.69, 9.17) is 0 Å². The molecular formula is C15H15N. The van der Waals surface area contributed by atoms with Crippen LogP contribution >= 0.6 is 0 Å². The van der Waals surface area contributed by atoms with Crippen LogP contribution in [0.3, 0.4) is 0 Å². The van der Waals surface area contributed by atoms with Gasteiger partial charge in [-0.15, -0.1) is 6.58 Å². The Bertz CT molecular complexity index is 434. The first-order chi connectivity index (χ1) is 7.90. The molecule has 2 rings (SSSR count). The lowest BCUT2D eigenvalue weighted by atomic mass is 10.1. The van der Waals surface area contributed by atoms with Gasteiger partial charge < -0.3 is 5.32 Å². The van der Waals surface area contributed by atoms with Crippen LogP contribution in [0.1, 0.15) is 11.6 Å². The number of hydrogen-bond donors (Lipinski definition) is 1. The molecule has 0 bridgehead atoms. The van der Waals surface area contributed by atoms with Crippen LogP contribution in [0.2, 0.25) is 0 Å². The molecule has 0 spiro atoms. The van der Waals surface area contributed by atoms with Crippen LogP contribution in [0.25, 0.3) is 0 Å². The third kappa shape index (κ3) is 2.51. The lowest BCUT2D eigenvalue weighted by Crippen LogP contribution is -2.07. The van der Waals surface area contributed by atoms with Gasteiger partial charge in [-0.05, 0) is 17.7 Å². The highest BCUT2D eigenvalue weighted by molar-refractivity contribution is 5.46. The van der Waals surface area contributed by atoms with E-state index in [1.807, 2.05) is 42.5 Å². The highest BCUT2D eigenvalue weighted by Crippen LogP contribution is 2.19. The second-order valence-corrected chi connectivity index (χ2v) is 3.63. The minimum Gasteiger partial charge on any atom is -0.375 e. The van der Waals surface area contributed by atoms with Crippen molar-refractivity contribution in [3.05, 3.63) is 78.9 Å². The van der Waals surface area contributed by atoms with Crippen molar-refractivity contribution in [3.8, 4) is 0 Å². The molecular weight excluding hydrogens is 194 g/mol. The van der Waals surface area contributed by atoms with Gasteiger partial charge in [0.1, 0.15) is 0 Å². The molecule has 0 aromatic heterocycles. The first kappa shape index (κ1) is 10.5. The fourth-order valence-electron chi connectivity index (χ4n) is 1.65. The van der Waals surface area contributed by atoms with Crippen LogP contribution in [-0.2, 0) is 0 Å². The molecule has 1 atom stereocenters. The minimum absolute atomic E-state index is 0.156. The van der Waals surface area contributed by atoms with Crippen LogP contribution in [0.4, 0.5) is 5.69 Å². The zero-order chi connectivity index (χ0) is 11.2. The van der Waals surface area contributed by atoms with Crippen molar-refractivity contribution in [2.45, 2.75) is 6.04 Å². The zero-order valence-electron chi connectivity index (χ0n) is 9.14. The minimum atomic E-state index is 0.156. The Morgan fingerprint density at radius 2 is 1.44 bits per heavy atom. The van der Waals surface area contributed by atoms with Gasteiger partial charge in [0.25, 0.3) is 0 Å². The smallest absolute Gasteiger partial charge is 0.0695 e. The van der Waals surface area contributed by atoms with Gasteiger partial charge in [0.2, 0.25) is 0 Å². The summed E-state index contributed by atoms with van der Waals surface area (Å²) in [4.78, 5) is 0. The van der Waals surface area contributed by atoms with E-state index in [-0.39, 0.29) is 6.04 Å². The van der Waals surface area contributed by atoms with Crippen LogP contribution in [-0.4, -0.2) is 0 Å². The summed E-state index contributed by atoms with van der Waals surface area (Å²) in [7, 11) is 0. The van der Waals surface area contributed by atoms with E-state index in [9.17, 15) is 0 Å². The average Bonchev–Trinajstić information content (AvgIpc) is 2.38. The Hall–Kier alpha value is -2.02. The summed E-state index contributed by atoms with van der Waals surface area (Å²) in [6, 6.07) is 20.6. The maximum atomic E-state index is 3.87. The molecule has 0 aliphatic rings. The first-order valence-electron chi connectivity index (χ1n) is 5.39. The Kier molecular flexibility index (Phi) is 3.39. The van der Waals surface area contributed by atoms with Gasteiger partial charge in [0.05, 0.1) is 6.04 Å². The second-order valence-electron chi connectivity index (χ2n) is 3.63. The summed E-state index contributed by atoms with van der Waals surface area (Å²) < 4.78 is 0. The van der Waals surface area contributed by atoms with E-state index >= 15 is 0 Å². The third-order valence-corrected chi connectivity index (χ3v) is 2.49. The fraction of sp³-hybridized carbons (Fsp3) is 0.0667. The molecule has 1 nitrogen and oxygen atoms in total. The summed E-state index contributed by atoms with van der Waals surface area (Å²) in [6.07, 6.45) is 1.92. The zero-order valence-corrected chi connectivity index (χ0v) is 9.14. The van der Waals surface area contributed by atoms with Crippen LogP contribution in [0.5, 0.6) is 0 Å². The first-order valence-corrected chi connectivity index (χ1v) is 5.39. The van der Waals surface area contributed by atoms with Gasteiger partial charge in [-0.2, -0.15) is 0 Å². The number of benzene rings is 2. The van der Waals surface area contributed by atoms with E-state index in [0.717, 1.165) is 5.69 Å². The van der Waals surface area contributed by atoms with Gasteiger partial charge in [-0.1, -0.05) is 54.6 Å². The molecule has 1 heteroatoms. The highest BCUT2D eigenvalue weighted by atomic mass is 14.9. The largest absolute Gasteiger partial charge is 0.375 e. The Balaban J connectivity index is 2.16. The van der Waals surface area contributed by atoms with E-state index in [0.29, 0.717) is 0 Å². The van der Waals surface area contributed by atoms with Gasteiger partial charge in [-0.3, -0.25) is 0 Å². The number of nitrogens with one attached hydrogen (secondary N) is 1. The summed E-state index contributed by atoms with van der Waals surface area (Å²) in [5.74, 6) is 0. The number of para-hydroxylation sites is 1. The van der Waals surface area contributed by atoms with Crippen molar-refractivity contribution in [2.24, 2.45) is 0 Å². The molecule has 16 heavy (non-hydrogen) atoms. The van der Waals surface area contributed by atoms with Crippen LogP contribution < -0.4 is 5.32 Å². The maximum absolute atomic E-state index is 3.87. The Morgan fingerprint density at radius 1 is 0.875 bits per heavy atom. The van der Waals surface area contributed by atoms with Gasteiger partial charge >= 0.3 is 0 Å². The Labute approximate surface area is 96.4 Å². The predicted molar refractivity (Wildman–Crippen MR) is 69.4 cm³/mol.